The fourth-order valence-corrected chi connectivity index (χ4v) is 3.74. The largest absolute Gasteiger partial charge is 0.361 e. The summed E-state index contributed by atoms with van der Waals surface area (Å²) in [5.74, 6) is 1.01. The predicted molar refractivity (Wildman–Crippen MR) is 96.0 cm³/mol. The SMILES string of the molecule is Cc1noc(C)c1C(=O)N1CCCC1c1nc2ccccc2c(=O)n1C. The van der Waals surface area contributed by atoms with E-state index in [2.05, 4.69) is 5.16 Å². The number of carbonyl (C=O) groups excluding carboxylic acids is 1. The van der Waals surface area contributed by atoms with Gasteiger partial charge in [0.2, 0.25) is 0 Å². The second-order valence-corrected chi connectivity index (χ2v) is 6.71. The van der Waals surface area contributed by atoms with Gasteiger partial charge in [0.05, 0.1) is 22.6 Å². The molecule has 4 rings (SSSR count). The Labute approximate surface area is 150 Å². The Bertz CT molecular complexity index is 1050. The minimum Gasteiger partial charge on any atom is -0.361 e. The highest BCUT2D eigenvalue weighted by atomic mass is 16.5. The highest BCUT2D eigenvalue weighted by Gasteiger charge is 2.35. The smallest absolute Gasteiger partial charge is 0.261 e. The first-order chi connectivity index (χ1) is 12.5. The number of nitrogens with zero attached hydrogens (tertiary/aromatic N) is 4. The van der Waals surface area contributed by atoms with Crippen LogP contribution in [-0.2, 0) is 7.05 Å². The average Bonchev–Trinajstić information content (AvgIpc) is 3.24. The standard InChI is InChI=1S/C19H20N4O3/c1-11-16(12(2)26-21-11)19(25)23-10-6-9-15(23)17-20-14-8-5-4-7-13(14)18(24)22(17)3/h4-5,7-8,15H,6,9-10H2,1-3H3. The summed E-state index contributed by atoms with van der Waals surface area (Å²) in [6.07, 6.45) is 1.64. The summed E-state index contributed by atoms with van der Waals surface area (Å²) in [4.78, 5) is 32.3. The molecule has 2 aromatic heterocycles. The Morgan fingerprint density at radius 3 is 2.77 bits per heavy atom. The van der Waals surface area contributed by atoms with Crippen molar-refractivity contribution in [1.82, 2.24) is 19.6 Å². The molecule has 26 heavy (non-hydrogen) atoms. The van der Waals surface area contributed by atoms with Gasteiger partial charge in [-0.3, -0.25) is 14.2 Å². The topological polar surface area (TPSA) is 81.2 Å². The van der Waals surface area contributed by atoms with Gasteiger partial charge in [-0.05, 0) is 38.8 Å². The second-order valence-electron chi connectivity index (χ2n) is 6.71. The molecule has 1 atom stereocenters. The summed E-state index contributed by atoms with van der Waals surface area (Å²) in [6.45, 7) is 4.12. The van der Waals surface area contributed by atoms with Crippen molar-refractivity contribution in [3.63, 3.8) is 0 Å². The number of fused-ring (bicyclic) bond motifs is 1. The van der Waals surface area contributed by atoms with Crippen molar-refractivity contribution in [2.24, 2.45) is 7.05 Å². The lowest BCUT2D eigenvalue weighted by atomic mass is 10.1. The van der Waals surface area contributed by atoms with E-state index in [0.717, 1.165) is 12.8 Å². The maximum Gasteiger partial charge on any atom is 0.261 e. The Hall–Kier alpha value is -2.96. The number of amides is 1. The van der Waals surface area contributed by atoms with Gasteiger partial charge in [-0.1, -0.05) is 17.3 Å². The molecule has 7 heteroatoms. The number of likely N-dealkylation sites (tertiary alicyclic amines) is 1. The van der Waals surface area contributed by atoms with Crippen LogP contribution >= 0.6 is 0 Å². The van der Waals surface area contributed by atoms with E-state index in [9.17, 15) is 9.59 Å². The molecule has 1 aliphatic rings. The van der Waals surface area contributed by atoms with Gasteiger partial charge >= 0.3 is 0 Å². The molecule has 0 aliphatic carbocycles. The maximum atomic E-state index is 13.1. The molecule has 1 amide bonds. The lowest BCUT2D eigenvalue weighted by molar-refractivity contribution is 0.0725. The number of benzene rings is 1. The third kappa shape index (κ3) is 2.42. The molecule has 1 fully saturated rings. The van der Waals surface area contributed by atoms with Gasteiger partial charge in [-0.25, -0.2) is 4.98 Å². The molecule has 7 nitrogen and oxygen atoms in total. The number of carbonyl (C=O) groups is 1. The highest BCUT2D eigenvalue weighted by molar-refractivity contribution is 5.96. The fraction of sp³-hybridized carbons (Fsp3) is 0.368. The molecule has 0 bridgehead atoms. The third-order valence-electron chi connectivity index (χ3n) is 5.08. The number of hydrogen-bond acceptors (Lipinski definition) is 5. The molecule has 3 heterocycles. The van der Waals surface area contributed by atoms with Crippen LogP contribution in [0.5, 0.6) is 0 Å². The summed E-state index contributed by atoms with van der Waals surface area (Å²) in [5, 5.41) is 4.47. The van der Waals surface area contributed by atoms with Crippen molar-refractivity contribution in [3.8, 4) is 0 Å². The highest BCUT2D eigenvalue weighted by Crippen LogP contribution is 2.33. The van der Waals surface area contributed by atoms with Crippen LogP contribution in [-0.4, -0.2) is 32.1 Å². The van der Waals surface area contributed by atoms with Gasteiger partial charge < -0.3 is 9.42 Å². The van der Waals surface area contributed by atoms with E-state index in [0.29, 0.717) is 40.3 Å². The molecular formula is C19H20N4O3. The molecule has 1 aliphatic heterocycles. The number of rotatable bonds is 2. The van der Waals surface area contributed by atoms with Crippen LogP contribution < -0.4 is 5.56 Å². The zero-order chi connectivity index (χ0) is 18.4. The third-order valence-corrected chi connectivity index (χ3v) is 5.08. The number of aryl methyl sites for hydroxylation is 2. The van der Waals surface area contributed by atoms with Gasteiger partial charge in [-0.2, -0.15) is 0 Å². The Kier molecular flexibility index (Phi) is 3.86. The first-order valence-electron chi connectivity index (χ1n) is 8.68. The molecule has 1 unspecified atom stereocenters. The van der Waals surface area contributed by atoms with Gasteiger partial charge in [-0.15, -0.1) is 0 Å². The van der Waals surface area contributed by atoms with E-state index in [4.69, 9.17) is 9.51 Å². The van der Waals surface area contributed by atoms with Crippen LogP contribution in [0.4, 0.5) is 0 Å². The molecule has 3 aromatic rings. The maximum absolute atomic E-state index is 13.1. The van der Waals surface area contributed by atoms with E-state index in [1.165, 1.54) is 0 Å². The second kappa shape index (κ2) is 6.09. The van der Waals surface area contributed by atoms with Crippen molar-refractivity contribution in [3.05, 3.63) is 57.5 Å². The molecule has 0 N–H and O–H groups in total. The first kappa shape index (κ1) is 16.5. The normalized spacial score (nSPS) is 17.2. The summed E-state index contributed by atoms with van der Waals surface area (Å²) < 4.78 is 6.71. The molecular weight excluding hydrogens is 332 g/mol. The quantitative estimate of drug-likeness (QED) is 0.708. The van der Waals surface area contributed by atoms with Gasteiger partial charge in [0, 0.05) is 13.6 Å². The van der Waals surface area contributed by atoms with E-state index in [1.54, 1.807) is 36.4 Å². The molecule has 0 radical (unpaired) electrons. The van der Waals surface area contributed by atoms with E-state index >= 15 is 0 Å². The predicted octanol–water partition coefficient (Wildman–Crippen LogP) is 2.52. The van der Waals surface area contributed by atoms with Gasteiger partial charge in [0.15, 0.2) is 0 Å². The Morgan fingerprint density at radius 1 is 1.27 bits per heavy atom. The van der Waals surface area contributed by atoms with Crippen molar-refractivity contribution in [1.29, 1.82) is 0 Å². The van der Waals surface area contributed by atoms with Crippen LogP contribution in [0, 0.1) is 13.8 Å². The first-order valence-corrected chi connectivity index (χ1v) is 8.68. The van der Waals surface area contributed by atoms with Crippen LogP contribution in [0.25, 0.3) is 10.9 Å². The van der Waals surface area contributed by atoms with Crippen molar-refractivity contribution >= 4 is 16.8 Å². The fourth-order valence-electron chi connectivity index (χ4n) is 3.74. The zero-order valence-corrected chi connectivity index (χ0v) is 15.0. The van der Waals surface area contributed by atoms with Crippen molar-refractivity contribution < 1.29 is 9.32 Å². The number of aromatic nitrogens is 3. The summed E-state index contributed by atoms with van der Waals surface area (Å²) in [6, 6.07) is 7.05. The van der Waals surface area contributed by atoms with Crippen LogP contribution in [0.15, 0.2) is 33.6 Å². The lowest BCUT2D eigenvalue weighted by Crippen LogP contribution is -2.35. The van der Waals surface area contributed by atoms with Crippen LogP contribution in [0.2, 0.25) is 0 Å². The summed E-state index contributed by atoms with van der Waals surface area (Å²) in [5.41, 5.74) is 1.64. The minimum atomic E-state index is -0.237. The number of para-hydroxylation sites is 1. The van der Waals surface area contributed by atoms with Crippen LogP contribution in [0.3, 0.4) is 0 Å². The Morgan fingerprint density at radius 2 is 2.04 bits per heavy atom. The molecule has 134 valence electrons. The molecule has 0 spiro atoms. The van der Waals surface area contributed by atoms with Crippen molar-refractivity contribution in [2.45, 2.75) is 32.7 Å². The molecule has 0 saturated carbocycles. The van der Waals surface area contributed by atoms with E-state index in [-0.39, 0.29) is 17.5 Å². The summed E-state index contributed by atoms with van der Waals surface area (Å²) in [7, 11) is 1.72. The van der Waals surface area contributed by atoms with Crippen molar-refractivity contribution in [2.75, 3.05) is 6.54 Å². The van der Waals surface area contributed by atoms with E-state index in [1.807, 2.05) is 18.2 Å². The monoisotopic (exact) mass is 352 g/mol. The summed E-state index contributed by atoms with van der Waals surface area (Å²) >= 11 is 0. The minimum absolute atomic E-state index is 0.0952. The van der Waals surface area contributed by atoms with Crippen LogP contribution in [0.1, 0.15) is 46.5 Å². The Balaban J connectivity index is 1.80. The van der Waals surface area contributed by atoms with E-state index < -0.39 is 0 Å². The van der Waals surface area contributed by atoms with Gasteiger partial charge in [0.25, 0.3) is 11.5 Å². The molecule has 1 aromatic carbocycles. The molecule has 1 saturated heterocycles. The number of hydrogen-bond donors (Lipinski definition) is 0. The lowest BCUT2D eigenvalue weighted by Gasteiger charge is -2.25. The zero-order valence-electron chi connectivity index (χ0n) is 15.0. The van der Waals surface area contributed by atoms with Gasteiger partial charge in [0.1, 0.15) is 17.1 Å². The average molecular weight is 352 g/mol.